The number of unbranched alkanes of at least 4 members (excludes halogenated alkanes) is 1. The Morgan fingerprint density at radius 1 is 1.18 bits per heavy atom. The molecule has 0 amide bonds. The molecule has 0 atom stereocenters. The molecule has 3 nitrogen and oxygen atoms in total. The monoisotopic (exact) mass is 304 g/mol. The maximum atomic E-state index is 10.6. The standard InChI is InChI=1S/C19H28O3/c1-15-10-12-16(13-11-15)6-2-3-7-17-8-4-5-9-18(17)22-14-19(20)21/h4-5,8-9,15-16H,2-3,6-7,10-14H2,1H3,(H,20,21). The minimum atomic E-state index is -0.929. The second kappa shape index (κ2) is 8.82. The first-order chi connectivity index (χ1) is 10.6. The number of benzene rings is 1. The van der Waals surface area contributed by atoms with Crippen LogP contribution < -0.4 is 4.74 Å². The van der Waals surface area contributed by atoms with Crippen LogP contribution in [-0.4, -0.2) is 17.7 Å². The van der Waals surface area contributed by atoms with Crippen molar-refractivity contribution in [3.63, 3.8) is 0 Å². The van der Waals surface area contributed by atoms with Crippen molar-refractivity contribution in [2.45, 2.75) is 58.3 Å². The molecular formula is C19H28O3. The van der Waals surface area contributed by atoms with Crippen LogP contribution in [0.4, 0.5) is 0 Å². The smallest absolute Gasteiger partial charge is 0.341 e. The molecule has 0 unspecified atom stereocenters. The predicted octanol–water partition coefficient (Wildman–Crippen LogP) is 4.69. The zero-order valence-corrected chi connectivity index (χ0v) is 13.6. The first-order valence-corrected chi connectivity index (χ1v) is 8.57. The third-order valence-electron chi connectivity index (χ3n) is 4.77. The Bertz CT molecular complexity index is 462. The van der Waals surface area contributed by atoms with Gasteiger partial charge in [-0.3, -0.25) is 0 Å². The first kappa shape index (κ1) is 16.9. The lowest BCUT2D eigenvalue weighted by Gasteiger charge is -2.26. The molecule has 0 saturated heterocycles. The van der Waals surface area contributed by atoms with Gasteiger partial charge in [0.15, 0.2) is 6.61 Å². The Kier molecular flexibility index (Phi) is 6.75. The maximum Gasteiger partial charge on any atom is 0.341 e. The van der Waals surface area contributed by atoms with Gasteiger partial charge in [0.05, 0.1) is 0 Å². The summed E-state index contributed by atoms with van der Waals surface area (Å²) in [6, 6.07) is 7.79. The van der Waals surface area contributed by atoms with E-state index in [1.807, 2.05) is 24.3 Å². The van der Waals surface area contributed by atoms with Crippen LogP contribution in [0, 0.1) is 11.8 Å². The Balaban J connectivity index is 1.71. The number of aryl methyl sites for hydroxylation is 1. The third-order valence-corrected chi connectivity index (χ3v) is 4.77. The molecule has 122 valence electrons. The summed E-state index contributed by atoms with van der Waals surface area (Å²) in [6.45, 7) is 2.10. The zero-order chi connectivity index (χ0) is 15.8. The Morgan fingerprint density at radius 2 is 1.91 bits per heavy atom. The van der Waals surface area contributed by atoms with Crippen LogP contribution in [0.5, 0.6) is 5.75 Å². The molecule has 1 aliphatic carbocycles. The van der Waals surface area contributed by atoms with Gasteiger partial charge in [-0.15, -0.1) is 0 Å². The van der Waals surface area contributed by atoms with Gasteiger partial charge in [-0.2, -0.15) is 0 Å². The fourth-order valence-corrected chi connectivity index (χ4v) is 3.36. The van der Waals surface area contributed by atoms with Crippen molar-refractivity contribution >= 4 is 5.97 Å². The van der Waals surface area contributed by atoms with Gasteiger partial charge in [-0.1, -0.05) is 63.6 Å². The molecule has 0 bridgehead atoms. The Hall–Kier alpha value is -1.51. The summed E-state index contributed by atoms with van der Waals surface area (Å²) in [5, 5.41) is 8.72. The Labute approximate surface area is 133 Å². The van der Waals surface area contributed by atoms with Gasteiger partial charge in [0.25, 0.3) is 0 Å². The van der Waals surface area contributed by atoms with Gasteiger partial charge < -0.3 is 9.84 Å². The molecule has 1 saturated carbocycles. The number of rotatable bonds is 8. The highest BCUT2D eigenvalue weighted by Crippen LogP contribution is 2.31. The van der Waals surface area contributed by atoms with Gasteiger partial charge >= 0.3 is 5.97 Å². The van der Waals surface area contributed by atoms with Crippen molar-refractivity contribution in [1.29, 1.82) is 0 Å². The van der Waals surface area contributed by atoms with Crippen molar-refractivity contribution in [1.82, 2.24) is 0 Å². The van der Waals surface area contributed by atoms with Crippen molar-refractivity contribution < 1.29 is 14.6 Å². The second-order valence-electron chi connectivity index (χ2n) is 6.66. The van der Waals surface area contributed by atoms with Crippen molar-refractivity contribution in [3.8, 4) is 5.75 Å². The molecular weight excluding hydrogens is 276 g/mol. The SMILES string of the molecule is CC1CCC(CCCCc2ccccc2OCC(=O)O)CC1. The van der Waals surface area contributed by atoms with Gasteiger partial charge in [-0.05, 0) is 36.3 Å². The molecule has 1 aliphatic rings. The van der Waals surface area contributed by atoms with Crippen molar-refractivity contribution in [2.75, 3.05) is 6.61 Å². The predicted molar refractivity (Wildman–Crippen MR) is 88.2 cm³/mol. The van der Waals surface area contributed by atoms with Crippen LogP contribution in [0.15, 0.2) is 24.3 Å². The molecule has 0 radical (unpaired) electrons. The summed E-state index contributed by atoms with van der Waals surface area (Å²) in [7, 11) is 0. The number of carboxylic acid groups (broad SMARTS) is 1. The summed E-state index contributed by atoms with van der Waals surface area (Å²) < 4.78 is 5.36. The van der Waals surface area contributed by atoms with Crippen molar-refractivity contribution in [3.05, 3.63) is 29.8 Å². The van der Waals surface area contributed by atoms with Crippen LogP contribution in [0.1, 0.15) is 57.4 Å². The van der Waals surface area contributed by atoms with Crippen LogP contribution in [0.25, 0.3) is 0 Å². The first-order valence-electron chi connectivity index (χ1n) is 8.57. The van der Waals surface area contributed by atoms with E-state index >= 15 is 0 Å². The van der Waals surface area contributed by atoms with Gasteiger partial charge in [0.2, 0.25) is 0 Å². The quantitative estimate of drug-likeness (QED) is 0.709. The summed E-state index contributed by atoms with van der Waals surface area (Å²) in [5.41, 5.74) is 1.13. The molecule has 22 heavy (non-hydrogen) atoms. The number of para-hydroxylation sites is 1. The number of carbonyl (C=O) groups is 1. The van der Waals surface area contributed by atoms with E-state index < -0.39 is 5.97 Å². The number of aliphatic carboxylic acids is 1. The van der Waals surface area contributed by atoms with Crippen molar-refractivity contribution in [2.24, 2.45) is 11.8 Å². The normalized spacial score (nSPS) is 21.5. The number of ether oxygens (including phenoxy) is 1. The number of hydrogen-bond donors (Lipinski definition) is 1. The topological polar surface area (TPSA) is 46.5 Å². The molecule has 0 aliphatic heterocycles. The van der Waals surface area contributed by atoms with Gasteiger partial charge in [-0.25, -0.2) is 4.79 Å². The summed E-state index contributed by atoms with van der Waals surface area (Å²) in [5.74, 6) is 1.64. The third kappa shape index (κ3) is 5.70. The van der Waals surface area contributed by atoms with Crippen LogP contribution >= 0.6 is 0 Å². The number of hydrogen-bond acceptors (Lipinski definition) is 2. The summed E-state index contributed by atoms with van der Waals surface area (Å²) in [4.78, 5) is 10.6. The largest absolute Gasteiger partial charge is 0.482 e. The van der Waals surface area contributed by atoms with Crippen LogP contribution in [-0.2, 0) is 11.2 Å². The van der Waals surface area contributed by atoms with E-state index in [0.29, 0.717) is 0 Å². The minimum absolute atomic E-state index is 0.267. The fraction of sp³-hybridized carbons (Fsp3) is 0.632. The molecule has 1 aromatic rings. The fourth-order valence-electron chi connectivity index (χ4n) is 3.36. The van der Waals surface area contributed by atoms with Crippen LogP contribution in [0.2, 0.25) is 0 Å². The number of carboxylic acids is 1. The van der Waals surface area contributed by atoms with E-state index in [-0.39, 0.29) is 6.61 Å². The second-order valence-corrected chi connectivity index (χ2v) is 6.66. The average molecular weight is 304 g/mol. The lowest BCUT2D eigenvalue weighted by molar-refractivity contribution is -0.139. The van der Waals surface area contributed by atoms with Gasteiger partial charge in [0, 0.05) is 0 Å². The average Bonchev–Trinajstić information content (AvgIpc) is 2.52. The molecule has 2 rings (SSSR count). The molecule has 1 aromatic carbocycles. The highest BCUT2D eigenvalue weighted by Gasteiger charge is 2.17. The van der Waals surface area contributed by atoms with E-state index in [2.05, 4.69) is 6.92 Å². The summed E-state index contributed by atoms with van der Waals surface area (Å²) >= 11 is 0. The van der Waals surface area contributed by atoms with E-state index in [0.717, 1.165) is 36.0 Å². The lowest BCUT2D eigenvalue weighted by atomic mass is 9.80. The van der Waals surface area contributed by atoms with E-state index in [4.69, 9.17) is 9.84 Å². The molecule has 0 aromatic heterocycles. The highest BCUT2D eigenvalue weighted by atomic mass is 16.5. The van der Waals surface area contributed by atoms with E-state index in [1.165, 1.54) is 38.5 Å². The molecule has 1 N–H and O–H groups in total. The van der Waals surface area contributed by atoms with Gasteiger partial charge in [0.1, 0.15) is 5.75 Å². The van der Waals surface area contributed by atoms with Crippen LogP contribution in [0.3, 0.4) is 0 Å². The molecule has 1 fully saturated rings. The molecule has 0 heterocycles. The Morgan fingerprint density at radius 3 is 2.64 bits per heavy atom. The van der Waals surface area contributed by atoms with E-state index in [9.17, 15) is 4.79 Å². The maximum absolute atomic E-state index is 10.6. The molecule has 0 spiro atoms. The minimum Gasteiger partial charge on any atom is -0.482 e. The lowest BCUT2D eigenvalue weighted by Crippen LogP contribution is -2.12. The van der Waals surface area contributed by atoms with E-state index in [1.54, 1.807) is 0 Å². The molecule has 3 heteroatoms. The zero-order valence-electron chi connectivity index (χ0n) is 13.6. The summed E-state index contributed by atoms with van der Waals surface area (Å²) in [6.07, 6.45) is 10.3. The highest BCUT2D eigenvalue weighted by molar-refractivity contribution is 5.68.